The van der Waals surface area contributed by atoms with E-state index < -0.39 is 0 Å². The van der Waals surface area contributed by atoms with Gasteiger partial charge in [-0.15, -0.1) is 0 Å². The van der Waals surface area contributed by atoms with Crippen LogP contribution in [0.25, 0.3) is 5.65 Å². The summed E-state index contributed by atoms with van der Waals surface area (Å²) in [5, 5.41) is 0. The predicted molar refractivity (Wildman–Crippen MR) is 91.5 cm³/mol. The lowest BCUT2D eigenvalue weighted by Gasteiger charge is -2.31. The van der Waals surface area contributed by atoms with Crippen molar-refractivity contribution in [3.8, 4) is 5.88 Å². The molecular weight excluding hydrogens is 318 g/mol. The number of fused-ring (bicyclic) bond motifs is 1. The lowest BCUT2D eigenvalue weighted by atomic mass is 10.1. The zero-order valence-corrected chi connectivity index (χ0v) is 14.0. The van der Waals surface area contributed by atoms with Gasteiger partial charge >= 0.3 is 0 Å². The van der Waals surface area contributed by atoms with E-state index in [4.69, 9.17) is 4.74 Å². The zero-order valence-electron chi connectivity index (χ0n) is 14.0. The van der Waals surface area contributed by atoms with Gasteiger partial charge in [-0.3, -0.25) is 14.2 Å². The molecule has 4 rings (SSSR count). The van der Waals surface area contributed by atoms with Gasteiger partial charge in [0.25, 0.3) is 5.91 Å². The van der Waals surface area contributed by atoms with Crippen molar-refractivity contribution < 1.29 is 9.53 Å². The van der Waals surface area contributed by atoms with Gasteiger partial charge in [0.15, 0.2) is 0 Å². The van der Waals surface area contributed by atoms with E-state index in [2.05, 4.69) is 15.0 Å². The van der Waals surface area contributed by atoms with Gasteiger partial charge in [0.05, 0.1) is 11.9 Å². The van der Waals surface area contributed by atoms with Gasteiger partial charge in [0.1, 0.15) is 17.4 Å². The van der Waals surface area contributed by atoms with Crippen LogP contribution in [0.2, 0.25) is 0 Å². The highest BCUT2D eigenvalue weighted by Crippen LogP contribution is 2.20. The second-order valence-electron chi connectivity index (χ2n) is 6.13. The quantitative estimate of drug-likeness (QED) is 0.732. The summed E-state index contributed by atoms with van der Waals surface area (Å²) in [5.74, 6) is 0.555. The molecule has 0 atom stereocenters. The number of hydrogen-bond acceptors (Lipinski definition) is 5. The Morgan fingerprint density at radius 1 is 1.24 bits per heavy atom. The van der Waals surface area contributed by atoms with Crippen molar-refractivity contribution in [2.45, 2.75) is 25.9 Å². The summed E-state index contributed by atoms with van der Waals surface area (Å²) in [4.78, 5) is 27.5. The van der Waals surface area contributed by atoms with Crippen LogP contribution in [0.3, 0.4) is 0 Å². The maximum atomic E-state index is 13.0. The summed E-state index contributed by atoms with van der Waals surface area (Å²) < 4.78 is 7.70. The number of piperidine rings is 1. The fourth-order valence-corrected chi connectivity index (χ4v) is 3.21. The number of carbonyl (C=O) groups is 1. The zero-order chi connectivity index (χ0) is 17.2. The molecule has 3 aromatic rings. The number of pyridine rings is 1. The molecule has 7 heteroatoms. The Labute approximate surface area is 145 Å². The molecule has 1 amide bonds. The minimum Gasteiger partial charge on any atom is -0.473 e. The van der Waals surface area contributed by atoms with E-state index in [1.807, 2.05) is 40.6 Å². The molecule has 0 saturated carbocycles. The lowest BCUT2D eigenvalue weighted by Crippen LogP contribution is -2.42. The van der Waals surface area contributed by atoms with E-state index in [9.17, 15) is 4.79 Å². The van der Waals surface area contributed by atoms with Gasteiger partial charge in [0, 0.05) is 44.5 Å². The Kier molecular flexibility index (Phi) is 4.05. The minimum absolute atomic E-state index is 0.0224. The number of nitrogens with zero attached hydrogens (tertiary/aromatic N) is 5. The molecule has 0 aromatic carbocycles. The van der Waals surface area contributed by atoms with Gasteiger partial charge in [-0.2, -0.15) is 0 Å². The van der Waals surface area contributed by atoms with E-state index in [0.29, 0.717) is 24.7 Å². The summed E-state index contributed by atoms with van der Waals surface area (Å²) >= 11 is 0. The third-order valence-corrected chi connectivity index (χ3v) is 4.46. The van der Waals surface area contributed by atoms with E-state index in [1.54, 1.807) is 18.6 Å². The lowest BCUT2D eigenvalue weighted by molar-refractivity contribution is 0.0580. The van der Waals surface area contributed by atoms with Gasteiger partial charge in [-0.1, -0.05) is 6.07 Å². The smallest absolute Gasteiger partial charge is 0.272 e. The average Bonchev–Trinajstić information content (AvgIpc) is 2.98. The van der Waals surface area contributed by atoms with Crippen LogP contribution >= 0.6 is 0 Å². The van der Waals surface area contributed by atoms with Gasteiger partial charge in [0.2, 0.25) is 5.88 Å². The van der Waals surface area contributed by atoms with E-state index in [0.717, 1.165) is 24.2 Å². The first kappa shape index (κ1) is 15.6. The molecule has 1 saturated heterocycles. The second kappa shape index (κ2) is 6.51. The molecule has 0 aliphatic carbocycles. The Balaban J connectivity index is 1.45. The molecule has 3 aromatic heterocycles. The summed E-state index contributed by atoms with van der Waals surface area (Å²) in [7, 11) is 0. The number of aryl methyl sites for hydroxylation is 1. The molecule has 25 heavy (non-hydrogen) atoms. The van der Waals surface area contributed by atoms with E-state index in [-0.39, 0.29) is 12.0 Å². The predicted octanol–water partition coefficient (Wildman–Crippen LogP) is 2.12. The van der Waals surface area contributed by atoms with Gasteiger partial charge in [-0.25, -0.2) is 9.97 Å². The molecule has 0 N–H and O–H groups in total. The summed E-state index contributed by atoms with van der Waals surface area (Å²) in [6.07, 6.45) is 8.33. The number of carbonyl (C=O) groups excluding carboxylic acids is 1. The Hall–Kier alpha value is -2.96. The highest BCUT2D eigenvalue weighted by molar-refractivity contribution is 5.94. The van der Waals surface area contributed by atoms with Crippen LogP contribution in [0.15, 0.2) is 43.0 Å². The van der Waals surface area contributed by atoms with Gasteiger partial charge < -0.3 is 9.64 Å². The third kappa shape index (κ3) is 3.05. The number of amides is 1. The number of aromatic nitrogens is 4. The Morgan fingerprint density at radius 2 is 2.08 bits per heavy atom. The van der Waals surface area contributed by atoms with E-state index >= 15 is 0 Å². The minimum atomic E-state index is 0.0224. The molecule has 0 spiro atoms. The van der Waals surface area contributed by atoms with Crippen molar-refractivity contribution in [2.75, 3.05) is 13.1 Å². The normalized spacial score (nSPS) is 15.5. The Morgan fingerprint density at radius 3 is 2.84 bits per heavy atom. The molecule has 0 radical (unpaired) electrons. The summed E-state index contributed by atoms with van der Waals surface area (Å²) in [6, 6.07) is 5.74. The van der Waals surface area contributed by atoms with Crippen LogP contribution in [0, 0.1) is 6.92 Å². The van der Waals surface area contributed by atoms with Crippen LogP contribution in [-0.2, 0) is 0 Å². The second-order valence-corrected chi connectivity index (χ2v) is 6.13. The molecule has 4 heterocycles. The molecule has 1 aliphatic heterocycles. The maximum Gasteiger partial charge on any atom is 0.272 e. The van der Waals surface area contributed by atoms with Gasteiger partial charge in [-0.05, 0) is 19.1 Å². The first-order chi connectivity index (χ1) is 12.2. The SMILES string of the molecule is Cc1nc2ccccn2c1C(=O)N1CCC(Oc2cnccn2)CC1. The Bertz CT molecular complexity index is 885. The monoisotopic (exact) mass is 337 g/mol. The largest absolute Gasteiger partial charge is 0.473 e. The molecular formula is C18H19N5O2. The first-order valence-electron chi connectivity index (χ1n) is 8.38. The molecule has 0 unspecified atom stereocenters. The van der Waals surface area contributed by atoms with Crippen LogP contribution < -0.4 is 4.74 Å². The van der Waals surface area contributed by atoms with Crippen LogP contribution in [0.1, 0.15) is 29.0 Å². The van der Waals surface area contributed by atoms with Crippen molar-refractivity contribution in [2.24, 2.45) is 0 Å². The molecule has 7 nitrogen and oxygen atoms in total. The molecule has 1 aliphatic rings. The highest BCUT2D eigenvalue weighted by atomic mass is 16.5. The highest BCUT2D eigenvalue weighted by Gasteiger charge is 2.28. The van der Waals surface area contributed by atoms with Crippen LogP contribution in [-0.4, -0.2) is 49.4 Å². The molecule has 128 valence electrons. The fourth-order valence-electron chi connectivity index (χ4n) is 3.21. The number of likely N-dealkylation sites (tertiary alicyclic amines) is 1. The maximum absolute atomic E-state index is 13.0. The van der Waals surface area contributed by atoms with Crippen molar-refractivity contribution in [1.82, 2.24) is 24.3 Å². The van der Waals surface area contributed by atoms with E-state index in [1.165, 1.54) is 0 Å². The third-order valence-electron chi connectivity index (χ3n) is 4.46. The first-order valence-corrected chi connectivity index (χ1v) is 8.38. The standard InChI is InChI=1S/C18H19N5O2/c1-13-17(23-9-3-2-4-15(23)21-13)18(24)22-10-5-14(6-11-22)25-16-12-19-7-8-20-16/h2-4,7-9,12,14H,5-6,10-11H2,1H3. The topological polar surface area (TPSA) is 72.6 Å². The van der Waals surface area contributed by atoms with Crippen molar-refractivity contribution >= 4 is 11.6 Å². The fraction of sp³-hybridized carbons (Fsp3) is 0.333. The number of imidazole rings is 1. The number of hydrogen-bond donors (Lipinski definition) is 0. The van der Waals surface area contributed by atoms with Crippen molar-refractivity contribution in [3.63, 3.8) is 0 Å². The van der Waals surface area contributed by atoms with Crippen molar-refractivity contribution in [1.29, 1.82) is 0 Å². The summed E-state index contributed by atoms with van der Waals surface area (Å²) in [5.41, 5.74) is 2.20. The number of ether oxygens (including phenoxy) is 1. The molecule has 0 bridgehead atoms. The average molecular weight is 337 g/mol. The number of rotatable bonds is 3. The van der Waals surface area contributed by atoms with Crippen molar-refractivity contribution in [3.05, 3.63) is 54.4 Å². The summed E-state index contributed by atoms with van der Waals surface area (Å²) in [6.45, 7) is 3.19. The van der Waals surface area contributed by atoms with Crippen LogP contribution in [0.4, 0.5) is 0 Å². The molecule has 1 fully saturated rings. The van der Waals surface area contributed by atoms with Crippen LogP contribution in [0.5, 0.6) is 5.88 Å².